The average molecular weight is 348 g/mol. The van der Waals surface area contributed by atoms with Crippen LogP contribution in [0.4, 0.5) is 5.69 Å². The normalized spacial score (nSPS) is 11.3. The first kappa shape index (κ1) is 15.5. The van der Waals surface area contributed by atoms with Crippen molar-refractivity contribution >= 4 is 50.7 Å². The van der Waals surface area contributed by atoms with Crippen molar-refractivity contribution in [2.45, 2.75) is 9.79 Å². The Kier molecular flexibility index (Phi) is 4.86. The van der Waals surface area contributed by atoms with Crippen LogP contribution in [0.3, 0.4) is 0 Å². The van der Waals surface area contributed by atoms with E-state index in [2.05, 4.69) is 4.72 Å². The summed E-state index contributed by atoms with van der Waals surface area (Å²) in [4.78, 5) is 1.14. The fraction of sp³-hybridized carbons (Fsp3) is 0.0769. The van der Waals surface area contributed by atoms with Gasteiger partial charge in [-0.05, 0) is 42.7 Å². The number of hydrogen-bond donors (Lipinski definition) is 1. The molecule has 0 heterocycles. The number of rotatable bonds is 4. The highest BCUT2D eigenvalue weighted by atomic mass is 35.5. The highest BCUT2D eigenvalue weighted by molar-refractivity contribution is 7.98. The highest BCUT2D eigenvalue weighted by Gasteiger charge is 2.17. The zero-order valence-corrected chi connectivity index (χ0v) is 13.6. The monoisotopic (exact) mass is 347 g/mol. The van der Waals surface area contributed by atoms with Gasteiger partial charge in [-0.2, -0.15) is 0 Å². The van der Waals surface area contributed by atoms with Crippen molar-refractivity contribution in [3.05, 3.63) is 52.5 Å². The van der Waals surface area contributed by atoms with Gasteiger partial charge in [0, 0.05) is 4.90 Å². The largest absolute Gasteiger partial charge is 0.277 e. The van der Waals surface area contributed by atoms with Gasteiger partial charge >= 0.3 is 0 Å². The Bertz CT molecular complexity index is 695. The van der Waals surface area contributed by atoms with Crippen LogP contribution in [-0.2, 0) is 10.0 Å². The molecule has 0 amide bonds. The molecule has 0 fully saturated rings. The number of nitrogens with one attached hydrogen (secondary N) is 1. The first-order valence-electron chi connectivity index (χ1n) is 5.55. The number of anilines is 1. The maximum atomic E-state index is 12.3. The van der Waals surface area contributed by atoms with Crippen LogP contribution in [0.1, 0.15) is 0 Å². The number of thioether (sulfide) groups is 1. The zero-order valence-electron chi connectivity index (χ0n) is 10.4. The van der Waals surface area contributed by atoms with E-state index in [4.69, 9.17) is 23.2 Å². The van der Waals surface area contributed by atoms with Crippen LogP contribution in [0.2, 0.25) is 10.0 Å². The van der Waals surface area contributed by atoms with Crippen LogP contribution in [0.15, 0.2) is 52.3 Å². The van der Waals surface area contributed by atoms with Crippen LogP contribution in [0.5, 0.6) is 0 Å². The molecule has 2 aromatic rings. The molecule has 0 aromatic heterocycles. The van der Waals surface area contributed by atoms with Gasteiger partial charge in [0.2, 0.25) is 0 Å². The molecular weight excluding hydrogens is 337 g/mol. The second-order valence-corrected chi connectivity index (χ2v) is 7.25. The predicted molar refractivity (Wildman–Crippen MR) is 85.5 cm³/mol. The van der Waals surface area contributed by atoms with Crippen LogP contribution >= 0.6 is 35.0 Å². The first-order chi connectivity index (χ1) is 9.44. The van der Waals surface area contributed by atoms with Crippen LogP contribution < -0.4 is 4.72 Å². The summed E-state index contributed by atoms with van der Waals surface area (Å²) >= 11 is 13.5. The maximum Gasteiger partial charge on any atom is 0.261 e. The van der Waals surface area contributed by atoms with Crippen molar-refractivity contribution in [1.29, 1.82) is 0 Å². The molecule has 1 N–H and O–H groups in total. The fourth-order valence-corrected chi connectivity index (χ4v) is 3.66. The van der Waals surface area contributed by atoms with Gasteiger partial charge in [0.05, 0.1) is 20.6 Å². The van der Waals surface area contributed by atoms with Gasteiger partial charge < -0.3 is 0 Å². The third-order valence-corrected chi connectivity index (χ3v) is 5.31. The van der Waals surface area contributed by atoms with Gasteiger partial charge in [-0.1, -0.05) is 29.3 Å². The quantitative estimate of drug-likeness (QED) is 0.827. The molecule has 0 unspecified atom stereocenters. The molecule has 0 spiro atoms. The van der Waals surface area contributed by atoms with Crippen LogP contribution in [0, 0.1) is 0 Å². The zero-order chi connectivity index (χ0) is 14.8. The van der Waals surface area contributed by atoms with E-state index in [-0.39, 0.29) is 20.6 Å². The molecule has 0 saturated heterocycles. The summed E-state index contributed by atoms with van der Waals surface area (Å²) in [7, 11) is -3.71. The van der Waals surface area contributed by atoms with Crippen LogP contribution in [0.25, 0.3) is 0 Å². The third kappa shape index (κ3) is 3.41. The second-order valence-electron chi connectivity index (χ2n) is 3.88. The Balaban J connectivity index is 2.35. The smallest absolute Gasteiger partial charge is 0.261 e. The van der Waals surface area contributed by atoms with E-state index in [1.54, 1.807) is 42.5 Å². The summed E-state index contributed by atoms with van der Waals surface area (Å²) in [6.45, 7) is 0. The molecule has 0 saturated carbocycles. The average Bonchev–Trinajstić information content (AvgIpc) is 2.43. The Labute approximate surface area is 132 Å². The maximum absolute atomic E-state index is 12.3. The number of sulfonamides is 1. The molecule has 2 rings (SSSR count). The van der Waals surface area contributed by atoms with Crippen molar-refractivity contribution in [3.63, 3.8) is 0 Å². The molecule has 2 aromatic carbocycles. The van der Waals surface area contributed by atoms with Gasteiger partial charge in [-0.15, -0.1) is 11.8 Å². The lowest BCUT2D eigenvalue weighted by atomic mass is 10.3. The molecule has 0 bridgehead atoms. The number of para-hydroxylation sites is 1. The Morgan fingerprint density at radius 1 is 1.00 bits per heavy atom. The number of hydrogen-bond acceptors (Lipinski definition) is 3. The summed E-state index contributed by atoms with van der Waals surface area (Å²) in [5, 5.41) is 0.503. The second kappa shape index (κ2) is 6.26. The van der Waals surface area contributed by atoms with Crippen LogP contribution in [-0.4, -0.2) is 14.7 Å². The SMILES string of the molecule is CSc1ccc(S(=O)(=O)Nc2c(Cl)cccc2Cl)cc1. The molecule has 106 valence electrons. The molecule has 0 atom stereocenters. The van der Waals surface area contributed by atoms with Crippen molar-refractivity contribution in [1.82, 2.24) is 0 Å². The summed E-state index contributed by atoms with van der Waals surface area (Å²) in [6, 6.07) is 11.4. The first-order valence-corrected chi connectivity index (χ1v) is 9.01. The minimum atomic E-state index is -3.71. The standard InChI is InChI=1S/C13H11Cl2NO2S2/c1-19-9-5-7-10(8-6-9)20(17,18)16-13-11(14)3-2-4-12(13)15/h2-8,16H,1H3. The summed E-state index contributed by atoms with van der Waals surface area (Å²) in [5.74, 6) is 0. The molecule has 0 aliphatic carbocycles. The molecule has 0 aliphatic heterocycles. The molecule has 0 aliphatic rings. The van der Waals surface area contributed by atoms with Gasteiger partial charge in [0.25, 0.3) is 10.0 Å². The van der Waals surface area contributed by atoms with Crippen molar-refractivity contribution in [3.8, 4) is 0 Å². The minimum absolute atomic E-state index is 0.159. The highest BCUT2D eigenvalue weighted by Crippen LogP contribution is 2.32. The van der Waals surface area contributed by atoms with Gasteiger partial charge in [-0.3, -0.25) is 4.72 Å². The van der Waals surface area contributed by atoms with E-state index in [1.165, 1.54) is 11.8 Å². The molecule has 20 heavy (non-hydrogen) atoms. The van der Waals surface area contributed by atoms with E-state index >= 15 is 0 Å². The van der Waals surface area contributed by atoms with Crippen molar-refractivity contribution in [2.75, 3.05) is 11.0 Å². The molecule has 0 radical (unpaired) electrons. The third-order valence-electron chi connectivity index (χ3n) is 2.57. The van der Waals surface area contributed by atoms with Crippen molar-refractivity contribution < 1.29 is 8.42 Å². The van der Waals surface area contributed by atoms with Crippen molar-refractivity contribution in [2.24, 2.45) is 0 Å². The number of halogens is 2. The fourth-order valence-electron chi connectivity index (χ4n) is 1.54. The predicted octanol–water partition coefficient (Wildman–Crippen LogP) is 4.52. The Morgan fingerprint density at radius 3 is 2.05 bits per heavy atom. The van der Waals surface area contributed by atoms with Gasteiger partial charge in [-0.25, -0.2) is 8.42 Å². The molecular formula is C13H11Cl2NO2S2. The summed E-state index contributed by atoms with van der Waals surface area (Å²) < 4.78 is 27.0. The lowest BCUT2D eigenvalue weighted by Crippen LogP contribution is -2.13. The lowest BCUT2D eigenvalue weighted by Gasteiger charge is -2.11. The van der Waals surface area contributed by atoms with E-state index in [0.29, 0.717) is 0 Å². The topological polar surface area (TPSA) is 46.2 Å². The molecule has 7 heteroatoms. The summed E-state index contributed by atoms with van der Waals surface area (Å²) in [6.07, 6.45) is 1.92. The van der Waals surface area contributed by atoms with E-state index in [9.17, 15) is 8.42 Å². The van der Waals surface area contributed by atoms with E-state index in [1.807, 2.05) is 6.26 Å². The Hall–Kier alpha value is -0.880. The van der Waals surface area contributed by atoms with E-state index in [0.717, 1.165) is 4.90 Å². The Morgan fingerprint density at radius 2 is 1.55 bits per heavy atom. The van der Waals surface area contributed by atoms with E-state index < -0.39 is 10.0 Å². The number of benzene rings is 2. The summed E-state index contributed by atoms with van der Waals surface area (Å²) in [5.41, 5.74) is 0.185. The molecule has 3 nitrogen and oxygen atoms in total. The lowest BCUT2D eigenvalue weighted by molar-refractivity contribution is 0.601. The van der Waals surface area contributed by atoms with Gasteiger partial charge in [0.15, 0.2) is 0 Å². The minimum Gasteiger partial charge on any atom is -0.277 e. The van der Waals surface area contributed by atoms with Gasteiger partial charge in [0.1, 0.15) is 0 Å².